The Morgan fingerprint density at radius 2 is 1.97 bits per heavy atom. The Morgan fingerprint density at radius 3 is 2.70 bits per heavy atom. The molecule has 1 aliphatic heterocycles. The molecule has 4 atom stereocenters. The van der Waals surface area contributed by atoms with Crippen molar-refractivity contribution < 1.29 is 24.0 Å². The molecule has 0 radical (unpaired) electrons. The minimum Gasteiger partial charge on any atom is -0.390 e. The number of aromatic nitrogens is 4. The zero-order valence-corrected chi connectivity index (χ0v) is 17.8. The Hall–Kier alpha value is -3.34. The molecule has 1 spiro atoms. The van der Waals surface area contributed by atoms with Crippen LogP contribution in [-0.4, -0.2) is 36.2 Å². The van der Waals surface area contributed by atoms with Crippen LogP contribution in [-0.2, 0) is 16.1 Å². The first kappa shape index (κ1) is 20.3. The van der Waals surface area contributed by atoms with Crippen molar-refractivity contribution in [3.63, 3.8) is 0 Å². The van der Waals surface area contributed by atoms with E-state index in [-0.39, 0.29) is 17.6 Å². The third kappa shape index (κ3) is 2.84. The second-order valence-electron chi connectivity index (χ2n) is 8.90. The Labute approximate surface area is 187 Å². The van der Waals surface area contributed by atoms with E-state index in [1.54, 1.807) is 13.0 Å². The Kier molecular flexibility index (Phi) is 4.20. The van der Waals surface area contributed by atoms with E-state index in [9.17, 15) is 14.6 Å². The van der Waals surface area contributed by atoms with Crippen LogP contribution in [0, 0.1) is 5.82 Å². The molecule has 0 amide bonds. The summed E-state index contributed by atoms with van der Waals surface area (Å²) in [6, 6.07) is 11.6. The standard InChI is InChI=1S/C23H22FN5O4/c1-22(31)14-4-2-3-5-15(14)23(32-22)9-8-13(11-18(23)30)29-17-7-6-12(24)10-16(17)26-21(29)19-20(25)28-33-27-19/h2-7,10,13,18,30-31H,8-9,11H2,1H3,(H2,25,28)/t13-,18+,22?,23+/m0/s1. The highest BCUT2D eigenvalue weighted by molar-refractivity contribution is 5.82. The largest absolute Gasteiger partial charge is 0.390 e. The lowest BCUT2D eigenvalue weighted by molar-refractivity contribution is -0.282. The van der Waals surface area contributed by atoms with Crippen molar-refractivity contribution in [2.45, 2.75) is 49.7 Å². The summed E-state index contributed by atoms with van der Waals surface area (Å²) in [7, 11) is 0. The number of anilines is 1. The summed E-state index contributed by atoms with van der Waals surface area (Å²) in [6.45, 7) is 1.59. The minimum atomic E-state index is -1.49. The van der Waals surface area contributed by atoms with Gasteiger partial charge in [0.1, 0.15) is 11.4 Å². The second kappa shape index (κ2) is 6.83. The average Bonchev–Trinajstić information content (AvgIpc) is 3.43. The zero-order chi connectivity index (χ0) is 23.0. The predicted octanol–water partition coefficient (Wildman–Crippen LogP) is 2.98. The smallest absolute Gasteiger partial charge is 0.199 e. The molecular formula is C23H22FN5O4. The van der Waals surface area contributed by atoms with Crippen LogP contribution >= 0.6 is 0 Å². The van der Waals surface area contributed by atoms with Crippen molar-refractivity contribution in [2.24, 2.45) is 0 Å². The Balaban J connectivity index is 1.44. The second-order valence-corrected chi connectivity index (χ2v) is 8.90. The van der Waals surface area contributed by atoms with Gasteiger partial charge in [0, 0.05) is 17.7 Å². The monoisotopic (exact) mass is 451 g/mol. The number of nitrogens with two attached hydrogens (primary N) is 1. The quantitative estimate of drug-likeness (QED) is 0.424. The number of aliphatic hydroxyl groups is 2. The number of rotatable bonds is 2. The minimum absolute atomic E-state index is 0.0731. The Morgan fingerprint density at radius 1 is 1.18 bits per heavy atom. The number of ether oxygens (including phenoxy) is 1. The van der Waals surface area contributed by atoms with E-state index < -0.39 is 23.3 Å². The van der Waals surface area contributed by atoms with E-state index in [1.165, 1.54) is 12.1 Å². The van der Waals surface area contributed by atoms with Gasteiger partial charge in [-0.15, -0.1) is 0 Å². The average molecular weight is 451 g/mol. The molecule has 10 heteroatoms. The first-order valence-electron chi connectivity index (χ1n) is 10.8. The molecule has 2 aromatic carbocycles. The van der Waals surface area contributed by atoms with Crippen molar-refractivity contribution in [3.05, 3.63) is 59.4 Å². The van der Waals surface area contributed by atoms with Gasteiger partial charge in [-0.25, -0.2) is 14.0 Å². The van der Waals surface area contributed by atoms with E-state index in [0.717, 1.165) is 5.56 Å². The molecule has 2 aliphatic rings. The summed E-state index contributed by atoms with van der Waals surface area (Å²) in [5, 5.41) is 29.8. The van der Waals surface area contributed by atoms with Crippen LogP contribution in [0.3, 0.4) is 0 Å². The van der Waals surface area contributed by atoms with Gasteiger partial charge in [0.2, 0.25) is 0 Å². The number of hydrogen-bond donors (Lipinski definition) is 3. The lowest BCUT2D eigenvalue weighted by Crippen LogP contribution is -2.46. The molecule has 3 heterocycles. The van der Waals surface area contributed by atoms with Crippen LogP contribution in [0.2, 0.25) is 0 Å². The summed E-state index contributed by atoms with van der Waals surface area (Å²) >= 11 is 0. The van der Waals surface area contributed by atoms with Gasteiger partial charge in [-0.05, 0) is 54.2 Å². The zero-order valence-electron chi connectivity index (χ0n) is 17.8. The van der Waals surface area contributed by atoms with Crippen molar-refractivity contribution in [1.29, 1.82) is 0 Å². The number of hydrogen-bond acceptors (Lipinski definition) is 8. The molecule has 33 heavy (non-hydrogen) atoms. The number of nitrogens with zero attached hydrogens (tertiary/aromatic N) is 4. The highest BCUT2D eigenvalue weighted by Crippen LogP contribution is 2.54. The molecule has 4 aromatic rings. The normalized spacial score (nSPS) is 29.1. The Bertz CT molecular complexity index is 1380. The van der Waals surface area contributed by atoms with Crippen molar-refractivity contribution in [2.75, 3.05) is 5.73 Å². The maximum atomic E-state index is 13.9. The summed E-state index contributed by atoms with van der Waals surface area (Å²) in [4.78, 5) is 4.55. The fraction of sp³-hybridized carbons (Fsp3) is 0.348. The molecule has 0 saturated heterocycles. The van der Waals surface area contributed by atoms with E-state index in [4.69, 9.17) is 15.1 Å². The van der Waals surface area contributed by atoms with Crippen LogP contribution in [0.5, 0.6) is 0 Å². The molecule has 4 N–H and O–H groups in total. The van der Waals surface area contributed by atoms with Gasteiger partial charge in [0.25, 0.3) is 0 Å². The van der Waals surface area contributed by atoms with Crippen LogP contribution < -0.4 is 5.73 Å². The number of nitrogen functional groups attached to an aromatic ring is 1. The summed E-state index contributed by atoms with van der Waals surface area (Å²) in [5.74, 6) is -1.44. The highest BCUT2D eigenvalue weighted by atomic mass is 19.1. The molecule has 1 aliphatic carbocycles. The van der Waals surface area contributed by atoms with Crippen molar-refractivity contribution in [1.82, 2.24) is 19.9 Å². The maximum absolute atomic E-state index is 13.9. The van der Waals surface area contributed by atoms with E-state index in [0.29, 0.717) is 41.7 Å². The molecule has 1 fully saturated rings. The van der Waals surface area contributed by atoms with E-state index in [1.807, 2.05) is 28.8 Å². The molecule has 1 saturated carbocycles. The number of benzene rings is 2. The van der Waals surface area contributed by atoms with Gasteiger partial charge in [-0.2, -0.15) is 0 Å². The first-order chi connectivity index (χ1) is 15.8. The fourth-order valence-corrected chi connectivity index (χ4v) is 5.46. The predicted molar refractivity (Wildman–Crippen MR) is 115 cm³/mol. The summed E-state index contributed by atoms with van der Waals surface area (Å²) in [6.07, 6.45) is 0.456. The number of imidazole rings is 1. The SMILES string of the molecule is CC1(O)O[C@]2(CC[C@H](n3c(-c4nonc4N)nc4cc(F)ccc43)C[C@H]2O)c2ccccc21. The molecule has 2 aromatic heterocycles. The third-order valence-electron chi connectivity index (χ3n) is 6.89. The van der Waals surface area contributed by atoms with Crippen molar-refractivity contribution in [3.8, 4) is 11.5 Å². The maximum Gasteiger partial charge on any atom is 0.199 e. The molecule has 1 unspecified atom stereocenters. The molecule has 170 valence electrons. The molecule has 6 rings (SSSR count). The number of halogens is 1. The van der Waals surface area contributed by atoms with Crippen LogP contribution in [0.25, 0.3) is 22.6 Å². The van der Waals surface area contributed by atoms with Gasteiger partial charge < -0.3 is 25.3 Å². The van der Waals surface area contributed by atoms with Crippen LogP contribution in [0.15, 0.2) is 47.1 Å². The summed E-state index contributed by atoms with van der Waals surface area (Å²) < 4.78 is 26.7. The van der Waals surface area contributed by atoms with Gasteiger partial charge in [0.15, 0.2) is 23.1 Å². The van der Waals surface area contributed by atoms with Crippen molar-refractivity contribution >= 4 is 16.9 Å². The molecule has 9 nitrogen and oxygen atoms in total. The van der Waals surface area contributed by atoms with Gasteiger partial charge in [-0.3, -0.25) is 0 Å². The highest BCUT2D eigenvalue weighted by Gasteiger charge is 2.56. The molecule has 0 bridgehead atoms. The lowest BCUT2D eigenvalue weighted by atomic mass is 9.75. The number of aliphatic hydroxyl groups excluding tert-OH is 1. The van der Waals surface area contributed by atoms with Gasteiger partial charge in [-0.1, -0.05) is 24.3 Å². The topological polar surface area (TPSA) is 132 Å². The van der Waals surface area contributed by atoms with Gasteiger partial charge >= 0.3 is 0 Å². The van der Waals surface area contributed by atoms with Crippen LogP contribution in [0.1, 0.15) is 43.4 Å². The van der Waals surface area contributed by atoms with Crippen LogP contribution in [0.4, 0.5) is 10.2 Å². The fourth-order valence-electron chi connectivity index (χ4n) is 5.46. The molecular weight excluding hydrogens is 429 g/mol. The number of fused-ring (bicyclic) bond motifs is 3. The van der Waals surface area contributed by atoms with Gasteiger partial charge in [0.05, 0.1) is 17.1 Å². The lowest BCUT2D eigenvalue weighted by Gasteiger charge is -2.43. The third-order valence-corrected chi connectivity index (χ3v) is 6.89. The van der Waals surface area contributed by atoms with E-state index >= 15 is 0 Å². The van der Waals surface area contributed by atoms with E-state index in [2.05, 4.69) is 15.3 Å². The summed E-state index contributed by atoms with van der Waals surface area (Å²) in [5.41, 5.74) is 7.75. The first-order valence-corrected chi connectivity index (χ1v) is 10.8.